The molecular formula is C24H16O8. The number of hydrogen-bond acceptors (Lipinski definition) is 8. The van der Waals surface area contributed by atoms with Crippen LogP contribution in [-0.2, 0) is 14.3 Å². The smallest absolute Gasteiger partial charge is 0.335 e. The molecular weight excluding hydrogens is 416 g/mol. The lowest BCUT2D eigenvalue weighted by atomic mass is 9.79. The standard InChI is InChI=1S/C24H16O8/c1-3-32-23(31)24(11(2)25)21(29)15-7-5-13(9-17(15)22(24)30)20(28)12-4-6-14-16(8-12)19(27)10-18(14)26/h4-9H,3,10H2,1-2H3. The molecule has 2 aromatic carbocycles. The van der Waals surface area contributed by atoms with Crippen molar-refractivity contribution >= 4 is 40.7 Å². The third kappa shape index (κ3) is 2.72. The summed E-state index contributed by atoms with van der Waals surface area (Å²) >= 11 is 0. The first-order valence-electron chi connectivity index (χ1n) is 9.81. The average Bonchev–Trinajstić information content (AvgIpc) is 3.17. The molecule has 0 radical (unpaired) electrons. The lowest BCUT2D eigenvalue weighted by Gasteiger charge is -2.20. The SMILES string of the molecule is CCOC(=O)C1(C(C)=O)C(=O)c2ccc(C(=O)c3ccc4c(c3)C(=O)CC4=O)cc2C1=O. The minimum Gasteiger partial charge on any atom is -0.465 e. The third-order valence-corrected chi connectivity index (χ3v) is 5.77. The monoisotopic (exact) mass is 432 g/mol. The topological polar surface area (TPSA) is 129 Å². The Hall–Kier alpha value is -4.07. The summed E-state index contributed by atoms with van der Waals surface area (Å²) in [5.74, 6) is -5.47. The van der Waals surface area contributed by atoms with Crippen LogP contribution >= 0.6 is 0 Å². The molecule has 0 aromatic heterocycles. The predicted octanol–water partition coefficient (Wildman–Crippen LogP) is 2.20. The van der Waals surface area contributed by atoms with E-state index in [-0.39, 0.29) is 58.0 Å². The van der Waals surface area contributed by atoms with E-state index >= 15 is 0 Å². The van der Waals surface area contributed by atoms with Gasteiger partial charge >= 0.3 is 5.97 Å². The van der Waals surface area contributed by atoms with Crippen LogP contribution in [0.15, 0.2) is 36.4 Å². The number of ether oxygens (including phenoxy) is 1. The van der Waals surface area contributed by atoms with Crippen LogP contribution < -0.4 is 0 Å². The molecule has 8 nitrogen and oxygen atoms in total. The van der Waals surface area contributed by atoms with Crippen LogP contribution in [0.25, 0.3) is 0 Å². The Morgan fingerprint density at radius 1 is 0.812 bits per heavy atom. The van der Waals surface area contributed by atoms with Gasteiger partial charge in [-0.15, -0.1) is 0 Å². The van der Waals surface area contributed by atoms with E-state index in [1.807, 2.05) is 0 Å². The maximum atomic E-state index is 13.1. The molecule has 4 rings (SSSR count). The molecule has 1 atom stereocenters. The number of carbonyl (C=O) groups excluding carboxylic acids is 7. The third-order valence-electron chi connectivity index (χ3n) is 5.77. The van der Waals surface area contributed by atoms with Crippen molar-refractivity contribution < 1.29 is 38.3 Å². The van der Waals surface area contributed by atoms with Gasteiger partial charge in [0.15, 0.2) is 34.7 Å². The van der Waals surface area contributed by atoms with E-state index in [0.717, 1.165) is 13.0 Å². The van der Waals surface area contributed by atoms with Crippen LogP contribution in [0.4, 0.5) is 0 Å². The molecule has 0 N–H and O–H groups in total. The second-order valence-corrected chi connectivity index (χ2v) is 7.56. The highest BCUT2D eigenvalue weighted by molar-refractivity contribution is 6.48. The fourth-order valence-corrected chi connectivity index (χ4v) is 4.13. The minimum atomic E-state index is -2.61. The highest BCUT2D eigenvalue weighted by Gasteiger charge is 2.63. The summed E-state index contributed by atoms with van der Waals surface area (Å²) in [5.41, 5.74) is -2.44. The van der Waals surface area contributed by atoms with E-state index in [1.165, 1.54) is 37.3 Å². The van der Waals surface area contributed by atoms with Crippen molar-refractivity contribution in [2.75, 3.05) is 6.61 Å². The largest absolute Gasteiger partial charge is 0.465 e. The molecule has 160 valence electrons. The van der Waals surface area contributed by atoms with E-state index in [0.29, 0.717) is 0 Å². The number of Topliss-reactive ketones (excluding diaryl/α,β-unsaturated/α-hetero) is 5. The molecule has 2 aliphatic rings. The van der Waals surface area contributed by atoms with Crippen LogP contribution in [-0.4, -0.2) is 47.3 Å². The molecule has 2 aliphatic carbocycles. The van der Waals surface area contributed by atoms with Crippen molar-refractivity contribution in [3.63, 3.8) is 0 Å². The Morgan fingerprint density at radius 2 is 1.34 bits per heavy atom. The molecule has 1 unspecified atom stereocenters. The van der Waals surface area contributed by atoms with Gasteiger partial charge in [0, 0.05) is 33.4 Å². The van der Waals surface area contributed by atoms with Gasteiger partial charge in [0.2, 0.25) is 0 Å². The Bertz CT molecular complexity index is 1300. The molecule has 0 amide bonds. The molecule has 32 heavy (non-hydrogen) atoms. The van der Waals surface area contributed by atoms with E-state index in [9.17, 15) is 33.6 Å². The summed E-state index contributed by atoms with van der Waals surface area (Å²) in [5, 5.41) is 0. The van der Waals surface area contributed by atoms with Crippen LogP contribution in [0.2, 0.25) is 0 Å². The Balaban J connectivity index is 1.77. The number of ketones is 6. The maximum Gasteiger partial charge on any atom is 0.335 e. The summed E-state index contributed by atoms with van der Waals surface area (Å²) in [7, 11) is 0. The minimum absolute atomic E-state index is 0.0184. The fourth-order valence-electron chi connectivity index (χ4n) is 4.13. The summed E-state index contributed by atoms with van der Waals surface area (Å²) in [6, 6.07) is 7.80. The van der Waals surface area contributed by atoms with Gasteiger partial charge in [-0.05, 0) is 38.1 Å². The summed E-state index contributed by atoms with van der Waals surface area (Å²) in [6.45, 7) is 2.32. The zero-order valence-electron chi connectivity index (χ0n) is 17.1. The zero-order valence-corrected chi connectivity index (χ0v) is 17.1. The number of hydrogen-bond donors (Lipinski definition) is 0. The average molecular weight is 432 g/mol. The predicted molar refractivity (Wildman–Crippen MR) is 108 cm³/mol. The lowest BCUT2D eigenvalue weighted by molar-refractivity contribution is -0.152. The molecule has 0 spiro atoms. The number of esters is 1. The Kier molecular flexibility index (Phi) is 4.81. The molecule has 0 heterocycles. The van der Waals surface area contributed by atoms with Gasteiger partial charge in [0.1, 0.15) is 0 Å². The first-order chi connectivity index (χ1) is 15.1. The Labute approximate surface area is 181 Å². The molecule has 0 bridgehead atoms. The zero-order chi connectivity index (χ0) is 23.4. The molecule has 0 aliphatic heterocycles. The van der Waals surface area contributed by atoms with Crippen LogP contribution in [0.5, 0.6) is 0 Å². The van der Waals surface area contributed by atoms with Gasteiger partial charge < -0.3 is 4.74 Å². The van der Waals surface area contributed by atoms with Crippen molar-refractivity contribution in [2.24, 2.45) is 5.41 Å². The van der Waals surface area contributed by atoms with E-state index in [4.69, 9.17) is 4.74 Å². The van der Waals surface area contributed by atoms with Gasteiger partial charge in [-0.2, -0.15) is 0 Å². The quantitative estimate of drug-likeness (QED) is 0.400. The summed E-state index contributed by atoms with van der Waals surface area (Å²) in [4.78, 5) is 87.6. The lowest BCUT2D eigenvalue weighted by Crippen LogP contribution is -2.48. The van der Waals surface area contributed by atoms with Gasteiger partial charge in [-0.25, -0.2) is 4.79 Å². The summed E-state index contributed by atoms with van der Waals surface area (Å²) in [6.07, 6.45) is -0.247. The van der Waals surface area contributed by atoms with Gasteiger partial charge in [0.25, 0.3) is 5.41 Å². The van der Waals surface area contributed by atoms with Gasteiger partial charge in [-0.3, -0.25) is 28.8 Å². The van der Waals surface area contributed by atoms with Crippen LogP contribution in [0.3, 0.4) is 0 Å². The first kappa shape index (κ1) is 21.2. The fraction of sp³-hybridized carbons (Fsp3) is 0.208. The highest BCUT2D eigenvalue weighted by Crippen LogP contribution is 2.39. The van der Waals surface area contributed by atoms with E-state index in [2.05, 4.69) is 0 Å². The first-order valence-corrected chi connectivity index (χ1v) is 9.81. The van der Waals surface area contributed by atoms with Gasteiger partial charge in [-0.1, -0.05) is 12.1 Å². The number of rotatable bonds is 5. The molecule has 0 fully saturated rings. The van der Waals surface area contributed by atoms with E-state index < -0.39 is 34.5 Å². The molecule has 0 saturated carbocycles. The summed E-state index contributed by atoms with van der Waals surface area (Å²) < 4.78 is 4.84. The van der Waals surface area contributed by atoms with Crippen molar-refractivity contribution in [1.29, 1.82) is 0 Å². The molecule has 8 heteroatoms. The molecule has 0 saturated heterocycles. The maximum absolute atomic E-state index is 13.1. The van der Waals surface area contributed by atoms with Crippen LogP contribution in [0.1, 0.15) is 77.6 Å². The van der Waals surface area contributed by atoms with Crippen molar-refractivity contribution in [3.05, 3.63) is 69.8 Å². The van der Waals surface area contributed by atoms with Gasteiger partial charge in [0.05, 0.1) is 13.0 Å². The highest BCUT2D eigenvalue weighted by atomic mass is 16.5. The van der Waals surface area contributed by atoms with Crippen LogP contribution in [0, 0.1) is 5.41 Å². The Morgan fingerprint density at radius 3 is 1.94 bits per heavy atom. The van der Waals surface area contributed by atoms with Crippen molar-refractivity contribution in [1.82, 2.24) is 0 Å². The number of carbonyl (C=O) groups is 7. The van der Waals surface area contributed by atoms with Crippen molar-refractivity contribution in [2.45, 2.75) is 20.3 Å². The van der Waals surface area contributed by atoms with E-state index in [1.54, 1.807) is 0 Å². The number of benzene rings is 2. The van der Waals surface area contributed by atoms with Crippen molar-refractivity contribution in [3.8, 4) is 0 Å². The second kappa shape index (κ2) is 7.26. The normalized spacial score (nSPS) is 19.1. The number of fused-ring (bicyclic) bond motifs is 2. The second-order valence-electron chi connectivity index (χ2n) is 7.56. The molecule has 2 aromatic rings.